The number of nitrogens with zero attached hydrogens (tertiary/aromatic N) is 1. The maximum absolute atomic E-state index is 5.86. The van der Waals surface area contributed by atoms with Crippen LogP contribution in [0.15, 0.2) is 18.2 Å². The van der Waals surface area contributed by atoms with Crippen molar-refractivity contribution in [3.05, 3.63) is 23.8 Å². The SMILES string of the molecule is CCOc1cc(CC(C)N)ccc1N1CCCC1. The molecule has 18 heavy (non-hydrogen) atoms. The van der Waals surface area contributed by atoms with Gasteiger partial charge in [0, 0.05) is 19.1 Å². The molecule has 0 spiro atoms. The van der Waals surface area contributed by atoms with Crippen LogP contribution in [-0.4, -0.2) is 25.7 Å². The first-order valence-corrected chi connectivity index (χ1v) is 6.97. The van der Waals surface area contributed by atoms with E-state index < -0.39 is 0 Å². The average Bonchev–Trinajstić information content (AvgIpc) is 2.82. The van der Waals surface area contributed by atoms with E-state index >= 15 is 0 Å². The summed E-state index contributed by atoms with van der Waals surface area (Å²) in [5.74, 6) is 1.01. The minimum atomic E-state index is 0.192. The van der Waals surface area contributed by atoms with Crippen molar-refractivity contribution in [1.29, 1.82) is 0 Å². The fourth-order valence-corrected chi connectivity index (χ4v) is 2.55. The molecule has 1 aromatic carbocycles. The van der Waals surface area contributed by atoms with E-state index in [0.29, 0.717) is 6.61 Å². The second kappa shape index (κ2) is 6.10. The largest absolute Gasteiger partial charge is 0.492 e. The summed E-state index contributed by atoms with van der Waals surface area (Å²) in [7, 11) is 0. The molecular weight excluding hydrogens is 224 g/mol. The molecule has 1 aliphatic heterocycles. The summed E-state index contributed by atoms with van der Waals surface area (Å²) >= 11 is 0. The standard InChI is InChI=1S/C15H24N2O/c1-3-18-15-11-13(10-12(2)16)6-7-14(15)17-8-4-5-9-17/h6-7,11-12H,3-5,8-10,16H2,1-2H3. The third-order valence-electron chi connectivity index (χ3n) is 3.33. The molecule has 3 nitrogen and oxygen atoms in total. The van der Waals surface area contributed by atoms with Gasteiger partial charge in [0.05, 0.1) is 12.3 Å². The van der Waals surface area contributed by atoms with Gasteiger partial charge in [-0.1, -0.05) is 6.07 Å². The Hall–Kier alpha value is -1.22. The number of ether oxygens (including phenoxy) is 1. The van der Waals surface area contributed by atoms with Gasteiger partial charge in [-0.2, -0.15) is 0 Å². The van der Waals surface area contributed by atoms with Crippen molar-refractivity contribution in [2.45, 2.75) is 39.2 Å². The molecule has 1 unspecified atom stereocenters. The summed E-state index contributed by atoms with van der Waals surface area (Å²) in [4.78, 5) is 2.42. The molecule has 1 saturated heterocycles. The second-order valence-corrected chi connectivity index (χ2v) is 5.11. The normalized spacial score (nSPS) is 16.9. The van der Waals surface area contributed by atoms with Crippen molar-refractivity contribution < 1.29 is 4.74 Å². The molecule has 3 heteroatoms. The predicted octanol–water partition coefficient (Wildman–Crippen LogP) is 2.58. The lowest BCUT2D eigenvalue weighted by molar-refractivity contribution is 0.340. The van der Waals surface area contributed by atoms with E-state index in [1.54, 1.807) is 0 Å². The van der Waals surface area contributed by atoms with Gasteiger partial charge in [0.25, 0.3) is 0 Å². The van der Waals surface area contributed by atoms with E-state index in [2.05, 4.69) is 23.1 Å². The van der Waals surface area contributed by atoms with Crippen LogP contribution in [0.4, 0.5) is 5.69 Å². The third kappa shape index (κ3) is 3.16. The van der Waals surface area contributed by atoms with Gasteiger partial charge in [-0.25, -0.2) is 0 Å². The van der Waals surface area contributed by atoms with Gasteiger partial charge in [-0.3, -0.25) is 0 Å². The highest BCUT2D eigenvalue weighted by molar-refractivity contribution is 5.60. The highest BCUT2D eigenvalue weighted by atomic mass is 16.5. The topological polar surface area (TPSA) is 38.5 Å². The van der Waals surface area contributed by atoms with Crippen molar-refractivity contribution in [2.24, 2.45) is 5.73 Å². The Morgan fingerprint density at radius 1 is 1.33 bits per heavy atom. The van der Waals surface area contributed by atoms with Gasteiger partial charge in [0.1, 0.15) is 5.75 Å². The Kier molecular flexibility index (Phi) is 4.48. The lowest BCUT2D eigenvalue weighted by atomic mass is 10.1. The Labute approximate surface area is 110 Å². The molecular formula is C15H24N2O. The molecule has 1 aliphatic rings. The summed E-state index contributed by atoms with van der Waals surface area (Å²) in [5, 5.41) is 0. The van der Waals surface area contributed by atoms with Crippen LogP contribution in [0.3, 0.4) is 0 Å². The molecule has 2 N–H and O–H groups in total. The lowest BCUT2D eigenvalue weighted by Crippen LogP contribution is -2.20. The molecule has 1 heterocycles. The van der Waals surface area contributed by atoms with Gasteiger partial charge >= 0.3 is 0 Å². The van der Waals surface area contributed by atoms with Crippen LogP contribution in [0.2, 0.25) is 0 Å². The third-order valence-corrected chi connectivity index (χ3v) is 3.33. The van der Waals surface area contributed by atoms with Crippen molar-refractivity contribution in [3.8, 4) is 5.75 Å². The van der Waals surface area contributed by atoms with E-state index in [9.17, 15) is 0 Å². The highest BCUT2D eigenvalue weighted by Gasteiger charge is 2.17. The first-order valence-electron chi connectivity index (χ1n) is 6.97. The summed E-state index contributed by atoms with van der Waals surface area (Å²) in [6.45, 7) is 7.07. The van der Waals surface area contributed by atoms with Crippen LogP contribution in [0.1, 0.15) is 32.3 Å². The van der Waals surface area contributed by atoms with Gasteiger partial charge in [0.2, 0.25) is 0 Å². The summed E-state index contributed by atoms with van der Waals surface area (Å²) < 4.78 is 5.79. The molecule has 0 amide bonds. The molecule has 0 aliphatic carbocycles. The molecule has 100 valence electrons. The van der Waals surface area contributed by atoms with Crippen LogP contribution < -0.4 is 15.4 Å². The number of rotatable bonds is 5. The number of nitrogens with two attached hydrogens (primary N) is 1. The number of hydrogen-bond donors (Lipinski definition) is 1. The van der Waals surface area contributed by atoms with Crippen molar-refractivity contribution in [3.63, 3.8) is 0 Å². The fraction of sp³-hybridized carbons (Fsp3) is 0.600. The first kappa shape index (κ1) is 13.2. The average molecular weight is 248 g/mol. The van der Waals surface area contributed by atoms with Crippen molar-refractivity contribution >= 4 is 5.69 Å². The van der Waals surface area contributed by atoms with Crippen LogP contribution in [0.5, 0.6) is 5.75 Å². The monoisotopic (exact) mass is 248 g/mol. The molecule has 0 saturated carbocycles. The van der Waals surface area contributed by atoms with Gasteiger partial charge in [-0.15, -0.1) is 0 Å². The molecule has 1 aromatic rings. The van der Waals surface area contributed by atoms with Crippen LogP contribution in [0.25, 0.3) is 0 Å². The van der Waals surface area contributed by atoms with Gasteiger partial charge in [-0.05, 0) is 50.8 Å². The second-order valence-electron chi connectivity index (χ2n) is 5.11. The predicted molar refractivity (Wildman–Crippen MR) is 76.4 cm³/mol. The van der Waals surface area contributed by atoms with Crippen molar-refractivity contribution in [1.82, 2.24) is 0 Å². The van der Waals surface area contributed by atoms with E-state index in [1.165, 1.54) is 24.1 Å². The number of anilines is 1. The zero-order valence-electron chi connectivity index (χ0n) is 11.5. The van der Waals surface area contributed by atoms with Crippen molar-refractivity contribution in [2.75, 3.05) is 24.6 Å². The quantitative estimate of drug-likeness (QED) is 0.870. The minimum Gasteiger partial charge on any atom is -0.492 e. The van der Waals surface area contributed by atoms with Crippen LogP contribution >= 0.6 is 0 Å². The molecule has 2 rings (SSSR count). The molecule has 1 fully saturated rings. The van der Waals surface area contributed by atoms with Crippen LogP contribution in [0, 0.1) is 0 Å². The van der Waals surface area contributed by atoms with Gasteiger partial charge < -0.3 is 15.4 Å². The number of benzene rings is 1. The number of hydrogen-bond acceptors (Lipinski definition) is 3. The minimum absolute atomic E-state index is 0.192. The zero-order valence-corrected chi connectivity index (χ0v) is 11.5. The molecule has 0 radical (unpaired) electrons. The summed E-state index contributed by atoms with van der Waals surface area (Å²) in [6.07, 6.45) is 3.47. The summed E-state index contributed by atoms with van der Waals surface area (Å²) in [5.41, 5.74) is 8.36. The fourth-order valence-electron chi connectivity index (χ4n) is 2.55. The maximum Gasteiger partial charge on any atom is 0.142 e. The Morgan fingerprint density at radius 2 is 2.06 bits per heavy atom. The Morgan fingerprint density at radius 3 is 2.67 bits per heavy atom. The van der Waals surface area contributed by atoms with E-state index in [1.807, 2.05) is 13.8 Å². The maximum atomic E-state index is 5.86. The molecule has 0 bridgehead atoms. The van der Waals surface area contributed by atoms with E-state index in [4.69, 9.17) is 10.5 Å². The summed E-state index contributed by atoms with van der Waals surface area (Å²) in [6, 6.07) is 6.71. The Bertz CT molecular complexity index is 384. The van der Waals surface area contributed by atoms with E-state index in [0.717, 1.165) is 25.3 Å². The highest BCUT2D eigenvalue weighted by Crippen LogP contribution is 2.32. The molecule has 0 aromatic heterocycles. The smallest absolute Gasteiger partial charge is 0.142 e. The van der Waals surface area contributed by atoms with Crippen LogP contribution in [-0.2, 0) is 6.42 Å². The zero-order chi connectivity index (χ0) is 13.0. The first-order chi connectivity index (χ1) is 8.70. The Balaban J connectivity index is 2.22. The lowest BCUT2D eigenvalue weighted by Gasteiger charge is -2.22. The molecule has 1 atom stereocenters. The van der Waals surface area contributed by atoms with Gasteiger partial charge in [0.15, 0.2) is 0 Å². The van der Waals surface area contributed by atoms with E-state index in [-0.39, 0.29) is 6.04 Å².